The first-order chi connectivity index (χ1) is 42.4. The molecule has 3 N–H and O–H groups in total. The van der Waals surface area contributed by atoms with E-state index in [1.165, 1.54) is 116 Å². The van der Waals surface area contributed by atoms with Gasteiger partial charge in [-0.2, -0.15) is 0 Å². The van der Waals surface area contributed by atoms with E-state index in [2.05, 4.69) is 65.8 Å². The van der Waals surface area contributed by atoms with Crippen molar-refractivity contribution in [1.82, 2.24) is 0 Å². The van der Waals surface area contributed by atoms with E-state index < -0.39 is 97.5 Å². The molecule has 19 heteroatoms. The van der Waals surface area contributed by atoms with Crippen LogP contribution in [0.25, 0.3) is 0 Å². The van der Waals surface area contributed by atoms with Gasteiger partial charge in [0.25, 0.3) is 0 Å². The highest BCUT2D eigenvalue weighted by molar-refractivity contribution is 7.47. The minimum Gasteiger partial charge on any atom is -0.462 e. The summed E-state index contributed by atoms with van der Waals surface area (Å²) in [6, 6.07) is 0. The first-order valence-corrected chi connectivity index (χ1v) is 38.3. The number of esters is 4. The number of aliphatic hydroxyl groups excluding tert-OH is 1. The highest BCUT2D eigenvalue weighted by Gasteiger charge is 2.30. The molecule has 0 amide bonds. The lowest BCUT2D eigenvalue weighted by molar-refractivity contribution is -0.161. The van der Waals surface area contributed by atoms with Gasteiger partial charge in [0.2, 0.25) is 0 Å². The molecule has 0 aliphatic carbocycles. The summed E-state index contributed by atoms with van der Waals surface area (Å²) in [5, 5.41) is 10.5. The zero-order valence-corrected chi connectivity index (χ0v) is 58.3. The van der Waals surface area contributed by atoms with E-state index in [1.54, 1.807) is 0 Å². The second-order valence-corrected chi connectivity index (χ2v) is 27.9. The summed E-state index contributed by atoms with van der Waals surface area (Å²) in [6.07, 6.45) is 48.3. The van der Waals surface area contributed by atoms with Crippen LogP contribution in [0, 0.1) is 11.8 Å². The van der Waals surface area contributed by atoms with Crippen molar-refractivity contribution in [2.24, 2.45) is 11.8 Å². The number of allylic oxidation sites excluding steroid dienone is 4. The Labute approximate surface area is 535 Å². The summed E-state index contributed by atoms with van der Waals surface area (Å²) in [6.45, 7) is 9.39. The van der Waals surface area contributed by atoms with Crippen LogP contribution in [0.5, 0.6) is 0 Å². The topological polar surface area (TPSA) is 237 Å². The summed E-state index contributed by atoms with van der Waals surface area (Å²) in [5.74, 6) is -0.616. The third-order valence-electron chi connectivity index (χ3n) is 15.7. The molecule has 0 aliphatic heterocycles. The van der Waals surface area contributed by atoms with Crippen molar-refractivity contribution in [2.45, 2.75) is 342 Å². The predicted octanol–water partition coefficient (Wildman–Crippen LogP) is 19.2. The van der Waals surface area contributed by atoms with E-state index in [-0.39, 0.29) is 25.7 Å². The highest BCUT2D eigenvalue weighted by Crippen LogP contribution is 2.45. The monoisotopic (exact) mass is 1290 g/mol. The van der Waals surface area contributed by atoms with E-state index in [9.17, 15) is 43.2 Å². The van der Waals surface area contributed by atoms with Crippen LogP contribution in [0.15, 0.2) is 24.3 Å². The van der Waals surface area contributed by atoms with Crippen molar-refractivity contribution in [3.8, 4) is 0 Å². The molecule has 17 nitrogen and oxygen atoms in total. The van der Waals surface area contributed by atoms with Crippen LogP contribution in [0.2, 0.25) is 0 Å². The van der Waals surface area contributed by atoms with Crippen LogP contribution >= 0.6 is 15.6 Å². The summed E-state index contributed by atoms with van der Waals surface area (Å²) in [7, 11) is -9.90. The lowest BCUT2D eigenvalue weighted by Gasteiger charge is -2.21. The van der Waals surface area contributed by atoms with Gasteiger partial charge in [0.15, 0.2) is 12.2 Å². The number of hydrogen-bond acceptors (Lipinski definition) is 15. The Morgan fingerprint density at radius 1 is 0.375 bits per heavy atom. The fourth-order valence-corrected chi connectivity index (χ4v) is 11.4. The van der Waals surface area contributed by atoms with Crippen molar-refractivity contribution in [3.63, 3.8) is 0 Å². The van der Waals surface area contributed by atoms with Gasteiger partial charge in [-0.1, -0.05) is 271 Å². The number of unbranched alkanes of at least 4 members (excludes halogenated alkanes) is 32. The standard InChI is InChI=1S/C69H130O17P2/c1-7-10-12-14-15-16-17-18-19-22-25-28-34-40-46-52-67(72)80-58-65(86-68(73)53-47-41-35-29-26-23-20-21-24-27-32-38-43-49-61(4)5)60-84-88(77,78)82-56-63(70)55-81-87(75,76)83-59-64(57-79-66(71)51-45-37-13-11-8-2)85-69(74)54-48-42-36-31-30-33-39-44-50-62(6)9-3/h16-19,61-65,70H,7-15,20-60H2,1-6H3,(H,75,76)(H,77,78)/b17-16-,19-18-/t62?,63-,64+,65+/m0/s1. The van der Waals surface area contributed by atoms with E-state index in [0.29, 0.717) is 25.7 Å². The lowest BCUT2D eigenvalue weighted by atomic mass is 9.99. The molecule has 0 aromatic rings. The molecule has 0 rings (SSSR count). The molecule has 3 unspecified atom stereocenters. The molecule has 0 saturated heterocycles. The van der Waals surface area contributed by atoms with Gasteiger partial charge in [0.05, 0.1) is 26.4 Å². The number of carbonyl (C=O) groups is 4. The Morgan fingerprint density at radius 2 is 0.670 bits per heavy atom. The SMILES string of the molecule is CCCCCC/C=C\C=C/CCCCCCCC(=O)OC[C@H](COP(=O)(O)OC[C@@H](O)COP(=O)(O)OC[C@@H](COC(=O)CCCCCCC)OC(=O)CCCCCCCCCCC(C)CC)OC(=O)CCCCCCCCCCCCCCCC(C)C. The number of phosphoric acid groups is 2. The summed E-state index contributed by atoms with van der Waals surface area (Å²) >= 11 is 0. The van der Waals surface area contributed by atoms with E-state index >= 15 is 0 Å². The molecule has 88 heavy (non-hydrogen) atoms. The van der Waals surface area contributed by atoms with Crippen LogP contribution < -0.4 is 0 Å². The van der Waals surface area contributed by atoms with Crippen LogP contribution in [-0.2, 0) is 65.4 Å². The van der Waals surface area contributed by atoms with Crippen molar-refractivity contribution >= 4 is 39.5 Å². The van der Waals surface area contributed by atoms with E-state index in [0.717, 1.165) is 127 Å². The van der Waals surface area contributed by atoms with Crippen molar-refractivity contribution in [1.29, 1.82) is 0 Å². The largest absolute Gasteiger partial charge is 0.472 e. The Bertz CT molecular complexity index is 1810. The van der Waals surface area contributed by atoms with Crippen LogP contribution in [0.4, 0.5) is 0 Å². The maximum absolute atomic E-state index is 13.0. The first kappa shape index (κ1) is 85.5. The molecule has 0 saturated carbocycles. The molecular formula is C69H130O17P2. The Balaban J connectivity index is 5.21. The normalized spacial score (nSPS) is 14.7. The Morgan fingerprint density at radius 3 is 1.02 bits per heavy atom. The smallest absolute Gasteiger partial charge is 0.462 e. The maximum Gasteiger partial charge on any atom is 0.472 e. The fraction of sp³-hybridized carbons (Fsp3) is 0.884. The molecule has 0 heterocycles. The lowest BCUT2D eigenvalue weighted by Crippen LogP contribution is -2.30. The zero-order chi connectivity index (χ0) is 65.0. The molecule has 0 aromatic heterocycles. The second-order valence-electron chi connectivity index (χ2n) is 24.9. The van der Waals surface area contributed by atoms with Gasteiger partial charge in [-0.15, -0.1) is 0 Å². The van der Waals surface area contributed by atoms with Crippen molar-refractivity contribution < 1.29 is 80.2 Å². The third kappa shape index (κ3) is 61.1. The van der Waals surface area contributed by atoms with Crippen molar-refractivity contribution in [2.75, 3.05) is 39.6 Å². The Hall–Kier alpha value is -2.46. The first-order valence-electron chi connectivity index (χ1n) is 35.3. The quantitative estimate of drug-likeness (QED) is 0.0169. The third-order valence-corrected chi connectivity index (χ3v) is 17.6. The molecule has 0 aromatic carbocycles. The molecular weight excluding hydrogens is 1160 g/mol. The molecule has 518 valence electrons. The average Bonchev–Trinajstić information content (AvgIpc) is 3.60. The van der Waals surface area contributed by atoms with Crippen LogP contribution in [0.1, 0.15) is 324 Å². The second kappa shape index (κ2) is 60.8. The van der Waals surface area contributed by atoms with E-state index in [1.807, 2.05) is 0 Å². The molecule has 0 radical (unpaired) electrons. The summed E-state index contributed by atoms with van der Waals surface area (Å²) in [5.41, 5.74) is 0. The zero-order valence-electron chi connectivity index (χ0n) is 56.5. The van der Waals surface area contributed by atoms with E-state index in [4.69, 9.17) is 37.0 Å². The minimum absolute atomic E-state index is 0.1000. The molecule has 0 fully saturated rings. The highest BCUT2D eigenvalue weighted by atomic mass is 31.2. The van der Waals surface area contributed by atoms with Gasteiger partial charge in [0.1, 0.15) is 19.3 Å². The predicted molar refractivity (Wildman–Crippen MR) is 354 cm³/mol. The number of hydrogen-bond donors (Lipinski definition) is 3. The number of phosphoric ester groups is 2. The fourth-order valence-electron chi connectivity index (χ4n) is 9.84. The maximum atomic E-state index is 13.0. The van der Waals surface area contributed by atoms with Crippen molar-refractivity contribution in [3.05, 3.63) is 24.3 Å². The van der Waals surface area contributed by atoms with Gasteiger partial charge in [0, 0.05) is 25.7 Å². The van der Waals surface area contributed by atoms with Gasteiger partial charge >= 0.3 is 39.5 Å². The van der Waals surface area contributed by atoms with Gasteiger partial charge in [-0.3, -0.25) is 37.3 Å². The molecule has 0 aliphatic rings. The average molecular weight is 1290 g/mol. The summed E-state index contributed by atoms with van der Waals surface area (Å²) < 4.78 is 68.0. The van der Waals surface area contributed by atoms with Crippen LogP contribution in [0.3, 0.4) is 0 Å². The number of aliphatic hydroxyl groups is 1. The molecule has 0 spiro atoms. The minimum atomic E-state index is -4.96. The van der Waals surface area contributed by atoms with Crippen LogP contribution in [-0.4, -0.2) is 96.7 Å². The summed E-state index contributed by atoms with van der Waals surface area (Å²) in [4.78, 5) is 72.2. The Kier molecular flexibility index (Phi) is 59.1. The number of ether oxygens (including phenoxy) is 4. The molecule has 6 atom stereocenters. The van der Waals surface area contributed by atoms with Gasteiger partial charge < -0.3 is 33.8 Å². The van der Waals surface area contributed by atoms with Gasteiger partial charge in [-0.25, -0.2) is 9.13 Å². The molecule has 0 bridgehead atoms. The number of carbonyl (C=O) groups excluding carboxylic acids is 4. The van der Waals surface area contributed by atoms with Gasteiger partial charge in [-0.05, 0) is 63.2 Å². The number of rotatable bonds is 66.